The summed E-state index contributed by atoms with van der Waals surface area (Å²) in [6, 6.07) is 22.9. The molecule has 0 spiro atoms. The molecule has 9 heteroatoms. The number of carbonyl (C=O) groups excluding carboxylic acids is 1. The first-order valence-electron chi connectivity index (χ1n) is 10.9. The first kappa shape index (κ1) is 24.3. The standard InChI is InChI=1S/C26H25FN4O3S/c1-18(25(32)30(2)19-9-5-4-6-10-19)35-26-29-28-24(31(26)23-12-8-7-11-22(23)27)17-34-21-15-13-20(33-3)14-16-21/h4-16,18H,17H2,1-3H3/t18-/m1/s1. The van der Waals surface area contributed by atoms with Gasteiger partial charge in [0.2, 0.25) is 5.91 Å². The summed E-state index contributed by atoms with van der Waals surface area (Å²) < 4.78 is 27.4. The topological polar surface area (TPSA) is 69.5 Å². The van der Waals surface area contributed by atoms with Crippen molar-refractivity contribution in [2.75, 3.05) is 19.1 Å². The minimum Gasteiger partial charge on any atom is -0.497 e. The predicted molar refractivity (Wildman–Crippen MR) is 134 cm³/mol. The van der Waals surface area contributed by atoms with E-state index in [2.05, 4.69) is 10.2 Å². The highest BCUT2D eigenvalue weighted by atomic mass is 32.2. The minimum atomic E-state index is -0.495. The number of anilines is 1. The number of amides is 1. The molecule has 4 aromatic rings. The van der Waals surface area contributed by atoms with E-state index in [1.807, 2.05) is 30.3 Å². The molecule has 1 heterocycles. The van der Waals surface area contributed by atoms with Gasteiger partial charge in [-0.05, 0) is 55.5 Å². The van der Waals surface area contributed by atoms with E-state index in [0.717, 1.165) is 5.69 Å². The number of methoxy groups -OCH3 is 1. The van der Waals surface area contributed by atoms with Gasteiger partial charge in [0, 0.05) is 12.7 Å². The average Bonchev–Trinajstić information content (AvgIpc) is 3.29. The van der Waals surface area contributed by atoms with Crippen molar-refractivity contribution >= 4 is 23.4 Å². The highest BCUT2D eigenvalue weighted by Crippen LogP contribution is 2.29. The molecule has 1 atom stereocenters. The van der Waals surface area contributed by atoms with Gasteiger partial charge >= 0.3 is 0 Å². The van der Waals surface area contributed by atoms with E-state index in [1.54, 1.807) is 73.0 Å². The monoisotopic (exact) mass is 492 g/mol. The number of thioether (sulfide) groups is 1. The van der Waals surface area contributed by atoms with Gasteiger partial charge in [0.25, 0.3) is 0 Å². The summed E-state index contributed by atoms with van der Waals surface area (Å²) in [6.07, 6.45) is 0. The van der Waals surface area contributed by atoms with Crippen LogP contribution in [-0.2, 0) is 11.4 Å². The van der Waals surface area contributed by atoms with Crippen molar-refractivity contribution in [3.05, 3.63) is 90.5 Å². The van der Waals surface area contributed by atoms with Gasteiger partial charge in [0.05, 0.1) is 18.0 Å². The Balaban J connectivity index is 1.58. The van der Waals surface area contributed by atoms with Crippen LogP contribution in [0.2, 0.25) is 0 Å². The molecule has 7 nitrogen and oxygen atoms in total. The van der Waals surface area contributed by atoms with Crippen molar-refractivity contribution < 1.29 is 18.7 Å². The Morgan fingerprint density at radius 1 is 1.00 bits per heavy atom. The lowest BCUT2D eigenvalue weighted by Crippen LogP contribution is -2.33. The quantitative estimate of drug-likeness (QED) is 0.302. The predicted octanol–water partition coefficient (Wildman–Crippen LogP) is 5.14. The molecular weight excluding hydrogens is 467 g/mol. The van der Waals surface area contributed by atoms with Crippen LogP contribution < -0.4 is 14.4 Å². The number of aromatic nitrogens is 3. The molecule has 0 aliphatic heterocycles. The second-order valence-electron chi connectivity index (χ2n) is 7.64. The van der Waals surface area contributed by atoms with Crippen LogP contribution in [0.1, 0.15) is 12.7 Å². The van der Waals surface area contributed by atoms with E-state index in [0.29, 0.717) is 22.5 Å². The maximum absolute atomic E-state index is 14.8. The molecule has 0 saturated heterocycles. The maximum atomic E-state index is 14.8. The molecule has 35 heavy (non-hydrogen) atoms. The summed E-state index contributed by atoms with van der Waals surface area (Å²) in [5.74, 6) is 1.19. The molecule has 0 aliphatic rings. The van der Waals surface area contributed by atoms with Crippen LogP contribution in [0.15, 0.2) is 84.0 Å². The number of carbonyl (C=O) groups is 1. The van der Waals surface area contributed by atoms with Gasteiger partial charge in [0.1, 0.15) is 23.9 Å². The number of benzene rings is 3. The van der Waals surface area contributed by atoms with Crippen LogP contribution in [0, 0.1) is 5.82 Å². The molecule has 0 bridgehead atoms. The van der Waals surface area contributed by atoms with E-state index < -0.39 is 11.1 Å². The van der Waals surface area contributed by atoms with E-state index in [9.17, 15) is 9.18 Å². The summed E-state index contributed by atoms with van der Waals surface area (Å²) >= 11 is 1.21. The van der Waals surface area contributed by atoms with Gasteiger partial charge in [-0.15, -0.1) is 10.2 Å². The van der Waals surface area contributed by atoms with Crippen LogP contribution in [-0.4, -0.2) is 40.1 Å². The van der Waals surface area contributed by atoms with Gasteiger partial charge in [-0.25, -0.2) is 4.39 Å². The highest BCUT2D eigenvalue weighted by Gasteiger charge is 2.25. The molecule has 0 N–H and O–H groups in total. The lowest BCUT2D eigenvalue weighted by atomic mass is 10.3. The van der Waals surface area contributed by atoms with Crippen molar-refractivity contribution in [3.8, 4) is 17.2 Å². The van der Waals surface area contributed by atoms with Gasteiger partial charge in [-0.1, -0.05) is 42.1 Å². The fourth-order valence-corrected chi connectivity index (χ4v) is 4.40. The minimum absolute atomic E-state index is 0.0560. The second kappa shape index (κ2) is 11.1. The first-order valence-corrected chi connectivity index (χ1v) is 11.8. The van der Waals surface area contributed by atoms with Crippen molar-refractivity contribution in [3.63, 3.8) is 0 Å². The molecular formula is C26H25FN4O3S. The number of rotatable bonds is 9. The second-order valence-corrected chi connectivity index (χ2v) is 8.95. The highest BCUT2D eigenvalue weighted by molar-refractivity contribution is 8.00. The Bertz CT molecular complexity index is 1280. The van der Waals surface area contributed by atoms with Crippen LogP contribution >= 0.6 is 11.8 Å². The van der Waals surface area contributed by atoms with Gasteiger partial charge in [0.15, 0.2) is 11.0 Å². The Labute approximate surface area is 207 Å². The number of nitrogens with zero attached hydrogens (tertiary/aromatic N) is 4. The van der Waals surface area contributed by atoms with Crippen LogP contribution in [0.25, 0.3) is 5.69 Å². The Morgan fingerprint density at radius 3 is 2.34 bits per heavy atom. The Kier molecular flexibility index (Phi) is 7.67. The van der Waals surface area contributed by atoms with Crippen molar-refractivity contribution in [2.45, 2.75) is 23.9 Å². The van der Waals surface area contributed by atoms with E-state index in [1.165, 1.54) is 17.8 Å². The van der Waals surface area contributed by atoms with Crippen molar-refractivity contribution in [2.24, 2.45) is 0 Å². The molecule has 0 saturated carbocycles. The number of hydrogen-bond acceptors (Lipinski definition) is 6. The summed E-state index contributed by atoms with van der Waals surface area (Å²) in [5.41, 5.74) is 1.07. The molecule has 0 fully saturated rings. The third kappa shape index (κ3) is 5.63. The molecule has 0 unspecified atom stereocenters. The Morgan fingerprint density at radius 2 is 1.66 bits per heavy atom. The van der Waals surface area contributed by atoms with E-state index in [-0.39, 0.29) is 18.2 Å². The fraction of sp³-hybridized carbons (Fsp3) is 0.192. The van der Waals surface area contributed by atoms with Gasteiger partial charge in [-0.2, -0.15) is 0 Å². The SMILES string of the molecule is COc1ccc(OCc2nnc(S[C@H](C)C(=O)N(C)c3ccccc3)n2-c2ccccc2F)cc1. The van der Waals surface area contributed by atoms with Crippen molar-refractivity contribution in [1.29, 1.82) is 0 Å². The summed E-state index contributed by atoms with van der Waals surface area (Å²) in [5, 5.41) is 8.41. The molecule has 0 radical (unpaired) electrons. The zero-order valence-corrected chi connectivity index (χ0v) is 20.4. The molecule has 1 aromatic heterocycles. The summed E-state index contributed by atoms with van der Waals surface area (Å²) in [7, 11) is 3.32. The maximum Gasteiger partial charge on any atom is 0.240 e. The van der Waals surface area contributed by atoms with Crippen LogP contribution in [0.5, 0.6) is 11.5 Å². The lowest BCUT2D eigenvalue weighted by Gasteiger charge is -2.21. The molecule has 4 rings (SSSR count). The number of hydrogen-bond donors (Lipinski definition) is 0. The van der Waals surface area contributed by atoms with E-state index in [4.69, 9.17) is 9.47 Å². The lowest BCUT2D eigenvalue weighted by molar-refractivity contribution is -0.117. The molecule has 180 valence electrons. The number of halogens is 1. The number of para-hydroxylation sites is 2. The number of ether oxygens (including phenoxy) is 2. The molecule has 1 amide bonds. The van der Waals surface area contributed by atoms with E-state index >= 15 is 0 Å². The third-order valence-corrected chi connectivity index (χ3v) is 6.36. The zero-order chi connectivity index (χ0) is 24.8. The molecule has 0 aliphatic carbocycles. The third-order valence-electron chi connectivity index (χ3n) is 5.33. The van der Waals surface area contributed by atoms with Crippen molar-refractivity contribution in [1.82, 2.24) is 14.8 Å². The summed E-state index contributed by atoms with van der Waals surface area (Å²) in [4.78, 5) is 14.7. The molecule has 3 aromatic carbocycles. The normalized spacial score (nSPS) is 11.7. The average molecular weight is 493 g/mol. The summed E-state index contributed by atoms with van der Waals surface area (Å²) in [6.45, 7) is 1.85. The first-order chi connectivity index (χ1) is 17.0. The van der Waals surface area contributed by atoms with Gasteiger partial charge in [-0.3, -0.25) is 9.36 Å². The van der Waals surface area contributed by atoms with Gasteiger partial charge < -0.3 is 14.4 Å². The van der Waals surface area contributed by atoms with Crippen LogP contribution in [0.4, 0.5) is 10.1 Å². The Hall–Kier alpha value is -3.85. The largest absolute Gasteiger partial charge is 0.497 e. The zero-order valence-electron chi connectivity index (χ0n) is 19.6. The fourth-order valence-electron chi connectivity index (χ4n) is 3.43. The smallest absolute Gasteiger partial charge is 0.240 e. The van der Waals surface area contributed by atoms with Crippen LogP contribution in [0.3, 0.4) is 0 Å².